The SMILES string of the molecule is Cl.Cl.O=C1CCCc2nc(CCC3CCN(Cc4ccccc4)CC3)ccc2N1. The van der Waals surface area contributed by atoms with E-state index in [9.17, 15) is 4.79 Å². The van der Waals surface area contributed by atoms with Crippen LogP contribution in [0, 0.1) is 5.92 Å². The molecule has 2 aromatic rings. The predicted molar refractivity (Wildman–Crippen MR) is 123 cm³/mol. The van der Waals surface area contributed by atoms with E-state index in [-0.39, 0.29) is 30.7 Å². The van der Waals surface area contributed by atoms with Crippen LogP contribution in [0.4, 0.5) is 5.69 Å². The molecule has 0 radical (unpaired) electrons. The number of hydrogen-bond donors (Lipinski definition) is 1. The van der Waals surface area contributed by atoms with Crippen molar-refractivity contribution in [3.05, 3.63) is 59.4 Å². The van der Waals surface area contributed by atoms with Gasteiger partial charge in [-0.05, 0) is 75.2 Å². The van der Waals surface area contributed by atoms with Gasteiger partial charge in [0.25, 0.3) is 0 Å². The monoisotopic (exact) mass is 435 g/mol. The highest BCUT2D eigenvalue weighted by atomic mass is 35.5. The van der Waals surface area contributed by atoms with Crippen molar-refractivity contribution >= 4 is 36.4 Å². The number of nitrogens with zero attached hydrogens (tertiary/aromatic N) is 2. The van der Waals surface area contributed by atoms with Crippen LogP contribution in [0.3, 0.4) is 0 Å². The average Bonchev–Trinajstić information content (AvgIpc) is 2.88. The Bertz CT molecular complexity index is 777. The van der Waals surface area contributed by atoms with Gasteiger partial charge in [0, 0.05) is 18.7 Å². The van der Waals surface area contributed by atoms with Crippen LogP contribution in [0.2, 0.25) is 0 Å². The number of hydrogen-bond acceptors (Lipinski definition) is 3. The summed E-state index contributed by atoms with van der Waals surface area (Å²) in [5.41, 5.74) is 4.57. The van der Waals surface area contributed by atoms with Gasteiger partial charge in [-0.1, -0.05) is 30.3 Å². The highest BCUT2D eigenvalue weighted by Crippen LogP contribution is 2.25. The number of nitrogens with one attached hydrogen (secondary N) is 1. The van der Waals surface area contributed by atoms with E-state index in [1.54, 1.807) is 0 Å². The number of benzene rings is 1. The summed E-state index contributed by atoms with van der Waals surface area (Å²) in [7, 11) is 0. The molecule has 3 heterocycles. The van der Waals surface area contributed by atoms with Gasteiger partial charge >= 0.3 is 0 Å². The Morgan fingerprint density at radius 2 is 1.76 bits per heavy atom. The molecule has 1 amide bonds. The van der Waals surface area contributed by atoms with Crippen LogP contribution in [0.1, 0.15) is 49.1 Å². The summed E-state index contributed by atoms with van der Waals surface area (Å²) in [5, 5.41) is 2.97. The van der Waals surface area contributed by atoms with Gasteiger partial charge in [0.2, 0.25) is 5.91 Å². The van der Waals surface area contributed by atoms with Crippen LogP contribution in [0.25, 0.3) is 0 Å². The van der Waals surface area contributed by atoms with Gasteiger partial charge in [0.05, 0.1) is 11.4 Å². The minimum atomic E-state index is 0. The van der Waals surface area contributed by atoms with E-state index < -0.39 is 0 Å². The zero-order chi connectivity index (χ0) is 18.5. The summed E-state index contributed by atoms with van der Waals surface area (Å²) in [6.45, 7) is 3.47. The molecule has 0 atom stereocenters. The third kappa shape index (κ3) is 6.70. The maximum absolute atomic E-state index is 11.7. The van der Waals surface area contributed by atoms with Gasteiger partial charge in [-0.25, -0.2) is 0 Å². The molecule has 0 saturated carbocycles. The van der Waals surface area contributed by atoms with Crippen LogP contribution in [-0.4, -0.2) is 28.9 Å². The van der Waals surface area contributed by atoms with E-state index in [0.29, 0.717) is 6.42 Å². The van der Waals surface area contributed by atoms with Crippen molar-refractivity contribution in [2.45, 2.75) is 51.5 Å². The smallest absolute Gasteiger partial charge is 0.224 e. The molecule has 1 N–H and O–H groups in total. The normalized spacial score (nSPS) is 17.3. The maximum atomic E-state index is 11.7. The van der Waals surface area contributed by atoms with Crippen LogP contribution in [0.15, 0.2) is 42.5 Å². The second-order valence-corrected chi connectivity index (χ2v) is 7.94. The molecule has 0 bridgehead atoms. The number of likely N-dealkylation sites (tertiary alicyclic amines) is 1. The number of carbonyl (C=O) groups is 1. The number of aryl methyl sites for hydroxylation is 2. The first-order valence-electron chi connectivity index (χ1n) is 10.3. The van der Waals surface area contributed by atoms with E-state index >= 15 is 0 Å². The summed E-state index contributed by atoms with van der Waals surface area (Å²) in [5.74, 6) is 0.919. The fraction of sp³-hybridized carbons (Fsp3) is 0.478. The largest absolute Gasteiger partial charge is 0.324 e. The highest BCUT2D eigenvalue weighted by Gasteiger charge is 2.20. The zero-order valence-corrected chi connectivity index (χ0v) is 18.4. The first-order chi connectivity index (χ1) is 13.3. The molecule has 1 aromatic carbocycles. The van der Waals surface area contributed by atoms with Gasteiger partial charge in [-0.2, -0.15) is 0 Å². The van der Waals surface area contributed by atoms with E-state index in [1.807, 2.05) is 6.07 Å². The molecular formula is C23H31Cl2N3O. The molecule has 6 heteroatoms. The van der Waals surface area contributed by atoms with Gasteiger partial charge in [-0.15, -0.1) is 24.8 Å². The Hall–Kier alpha value is -1.62. The third-order valence-corrected chi connectivity index (χ3v) is 5.89. The molecule has 0 spiro atoms. The Balaban J connectivity index is 0.00000150. The fourth-order valence-corrected chi connectivity index (χ4v) is 4.25. The van der Waals surface area contributed by atoms with Crippen LogP contribution in [-0.2, 0) is 24.2 Å². The number of piperidine rings is 1. The van der Waals surface area contributed by atoms with Gasteiger partial charge < -0.3 is 5.32 Å². The molecule has 2 aliphatic heterocycles. The molecule has 4 nitrogen and oxygen atoms in total. The second kappa shape index (κ2) is 11.5. The number of pyridine rings is 1. The second-order valence-electron chi connectivity index (χ2n) is 7.94. The Labute approximate surface area is 186 Å². The standard InChI is InChI=1S/C23H29N3O.2ClH/c27-23-8-4-7-21-22(25-23)12-11-20(24-21)10-9-18-13-15-26(16-14-18)17-19-5-2-1-3-6-19;;/h1-3,5-6,11-12,18H,4,7-10,13-17H2,(H,25,27);2*1H. The first-order valence-corrected chi connectivity index (χ1v) is 10.3. The molecule has 158 valence electrons. The van der Waals surface area contributed by atoms with E-state index in [2.05, 4.69) is 46.6 Å². The molecule has 1 fully saturated rings. The van der Waals surface area contributed by atoms with Crippen molar-refractivity contribution in [1.29, 1.82) is 0 Å². The topological polar surface area (TPSA) is 45.2 Å². The lowest BCUT2D eigenvalue weighted by Crippen LogP contribution is -2.33. The molecule has 0 unspecified atom stereocenters. The molecular weight excluding hydrogens is 405 g/mol. The van der Waals surface area contributed by atoms with Gasteiger partial charge in [0.15, 0.2) is 0 Å². The lowest BCUT2D eigenvalue weighted by Gasteiger charge is -2.32. The van der Waals surface area contributed by atoms with Crippen molar-refractivity contribution in [3.8, 4) is 0 Å². The van der Waals surface area contributed by atoms with Gasteiger partial charge in [-0.3, -0.25) is 14.7 Å². The number of fused-ring (bicyclic) bond motifs is 1. The number of rotatable bonds is 5. The highest BCUT2D eigenvalue weighted by molar-refractivity contribution is 5.91. The van der Waals surface area contributed by atoms with Crippen LogP contribution < -0.4 is 5.32 Å². The number of aromatic nitrogens is 1. The summed E-state index contributed by atoms with van der Waals surface area (Å²) in [6, 6.07) is 14.9. The minimum absolute atomic E-state index is 0. The summed E-state index contributed by atoms with van der Waals surface area (Å²) < 4.78 is 0. The lowest BCUT2D eigenvalue weighted by molar-refractivity contribution is -0.116. The molecule has 1 saturated heterocycles. The Morgan fingerprint density at radius 3 is 2.52 bits per heavy atom. The predicted octanol–water partition coefficient (Wildman–Crippen LogP) is 5.04. The fourth-order valence-electron chi connectivity index (χ4n) is 4.25. The van der Waals surface area contributed by atoms with Gasteiger partial charge in [0.1, 0.15) is 0 Å². The number of anilines is 1. The zero-order valence-electron chi connectivity index (χ0n) is 16.8. The number of halogens is 2. The van der Waals surface area contributed by atoms with E-state index in [1.165, 1.54) is 43.6 Å². The van der Waals surface area contributed by atoms with E-state index in [4.69, 9.17) is 4.98 Å². The van der Waals surface area contributed by atoms with Crippen molar-refractivity contribution < 1.29 is 4.79 Å². The molecule has 2 aliphatic rings. The third-order valence-electron chi connectivity index (χ3n) is 5.89. The minimum Gasteiger partial charge on any atom is -0.324 e. The molecule has 4 rings (SSSR count). The maximum Gasteiger partial charge on any atom is 0.224 e. The summed E-state index contributed by atoms with van der Waals surface area (Å²) in [4.78, 5) is 19.1. The van der Waals surface area contributed by atoms with Crippen LogP contribution >= 0.6 is 24.8 Å². The molecule has 0 aliphatic carbocycles. The quantitative estimate of drug-likeness (QED) is 0.714. The molecule has 29 heavy (non-hydrogen) atoms. The average molecular weight is 436 g/mol. The van der Waals surface area contributed by atoms with E-state index in [0.717, 1.165) is 43.1 Å². The van der Waals surface area contributed by atoms with Crippen molar-refractivity contribution in [2.24, 2.45) is 5.92 Å². The lowest BCUT2D eigenvalue weighted by atomic mass is 9.91. The van der Waals surface area contributed by atoms with Crippen molar-refractivity contribution in [2.75, 3.05) is 18.4 Å². The number of carbonyl (C=O) groups excluding carboxylic acids is 1. The Kier molecular flexibility index (Phi) is 9.41. The van der Waals surface area contributed by atoms with Crippen molar-refractivity contribution in [3.63, 3.8) is 0 Å². The Morgan fingerprint density at radius 1 is 1.00 bits per heavy atom. The molecule has 1 aromatic heterocycles. The van der Waals surface area contributed by atoms with Crippen LogP contribution in [0.5, 0.6) is 0 Å². The van der Waals surface area contributed by atoms with Crippen molar-refractivity contribution in [1.82, 2.24) is 9.88 Å². The summed E-state index contributed by atoms with van der Waals surface area (Å²) >= 11 is 0. The first kappa shape index (κ1) is 23.7. The number of amides is 1. The summed E-state index contributed by atoms with van der Waals surface area (Å²) in [6.07, 6.45) is 7.24.